The second-order valence-corrected chi connectivity index (χ2v) is 5.23. The smallest absolute Gasteiger partial charge is 0.275 e. The Morgan fingerprint density at radius 1 is 1.15 bits per heavy atom. The second-order valence-electron chi connectivity index (χ2n) is 5.23. The van der Waals surface area contributed by atoms with E-state index in [0.29, 0.717) is 17.1 Å². The van der Waals surface area contributed by atoms with Crippen LogP contribution in [-0.2, 0) is 0 Å². The van der Waals surface area contributed by atoms with Crippen LogP contribution in [-0.4, -0.2) is 22.2 Å². The highest BCUT2D eigenvalue weighted by Gasteiger charge is 2.11. The minimum atomic E-state index is -0.565. The van der Waals surface area contributed by atoms with Gasteiger partial charge < -0.3 is 9.52 Å². The Bertz CT molecular complexity index is 994. The van der Waals surface area contributed by atoms with Crippen molar-refractivity contribution in [2.45, 2.75) is 0 Å². The molecule has 0 aliphatic heterocycles. The molecule has 1 heterocycles. The largest absolute Gasteiger partial charge is 0.507 e. The molecule has 130 valence electrons. The number of carbonyl (C=O) groups excluding carboxylic acids is 1. The molecule has 0 spiro atoms. The van der Waals surface area contributed by atoms with Crippen molar-refractivity contribution in [3.8, 4) is 17.1 Å². The summed E-state index contributed by atoms with van der Waals surface area (Å²) in [5.41, 5.74) is 2.90. The molecule has 0 saturated heterocycles. The molecule has 8 nitrogen and oxygen atoms in total. The summed E-state index contributed by atoms with van der Waals surface area (Å²) in [6.07, 6.45) is 1.29. The normalized spacial score (nSPS) is 10.8. The van der Waals surface area contributed by atoms with Gasteiger partial charge in [-0.15, -0.1) is 0 Å². The number of phenols is 1. The molecular weight excluding hydrogens is 338 g/mol. The van der Waals surface area contributed by atoms with Crippen molar-refractivity contribution in [3.05, 3.63) is 82.1 Å². The first kappa shape index (κ1) is 16.9. The van der Waals surface area contributed by atoms with Crippen molar-refractivity contribution in [1.82, 2.24) is 5.43 Å². The molecule has 26 heavy (non-hydrogen) atoms. The Labute approximate surface area is 147 Å². The Kier molecular flexibility index (Phi) is 4.75. The van der Waals surface area contributed by atoms with Crippen molar-refractivity contribution in [1.29, 1.82) is 0 Å². The van der Waals surface area contributed by atoms with E-state index in [-0.39, 0.29) is 17.0 Å². The Hall–Kier alpha value is -3.94. The van der Waals surface area contributed by atoms with Gasteiger partial charge in [-0.05, 0) is 24.3 Å². The molecule has 8 heteroatoms. The van der Waals surface area contributed by atoms with Crippen molar-refractivity contribution in [2.75, 3.05) is 0 Å². The zero-order valence-corrected chi connectivity index (χ0v) is 13.3. The van der Waals surface area contributed by atoms with Crippen molar-refractivity contribution in [3.63, 3.8) is 0 Å². The lowest BCUT2D eigenvalue weighted by atomic mass is 10.1. The number of carbonyl (C=O) groups is 1. The molecule has 0 aliphatic rings. The molecule has 0 atom stereocenters. The van der Waals surface area contributed by atoms with Crippen molar-refractivity contribution >= 4 is 17.8 Å². The average molecular weight is 351 g/mol. The van der Waals surface area contributed by atoms with Gasteiger partial charge in [0.1, 0.15) is 17.3 Å². The lowest BCUT2D eigenvalue weighted by Gasteiger charge is -2.01. The lowest BCUT2D eigenvalue weighted by Crippen LogP contribution is -2.17. The van der Waals surface area contributed by atoms with Crippen LogP contribution in [0, 0.1) is 10.1 Å². The average Bonchev–Trinajstić information content (AvgIpc) is 3.11. The fourth-order valence-electron chi connectivity index (χ4n) is 2.23. The number of benzene rings is 2. The van der Waals surface area contributed by atoms with Crippen LogP contribution < -0.4 is 5.43 Å². The van der Waals surface area contributed by atoms with E-state index in [2.05, 4.69) is 10.5 Å². The van der Waals surface area contributed by atoms with E-state index in [9.17, 15) is 20.0 Å². The SMILES string of the molecule is O=C(N/N=C/c1ccc(-c2cccc([N+](=O)[O-])c2)o1)c1ccccc1O. The summed E-state index contributed by atoms with van der Waals surface area (Å²) in [7, 11) is 0. The summed E-state index contributed by atoms with van der Waals surface area (Å²) in [4.78, 5) is 22.3. The molecule has 2 N–H and O–H groups in total. The number of nitro groups is 1. The molecule has 0 saturated carbocycles. The predicted octanol–water partition coefficient (Wildman–Crippen LogP) is 3.32. The number of nitrogens with zero attached hydrogens (tertiary/aromatic N) is 2. The number of aromatic hydroxyl groups is 1. The van der Waals surface area contributed by atoms with Gasteiger partial charge in [0.05, 0.1) is 16.7 Å². The number of para-hydroxylation sites is 1. The van der Waals surface area contributed by atoms with Crippen LogP contribution in [0.1, 0.15) is 16.1 Å². The van der Waals surface area contributed by atoms with E-state index in [0.717, 1.165) is 0 Å². The minimum Gasteiger partial charge on any atom is -0.507 e. The lowest BCUT2D eigenvalue weighted by molar-refractivity contribution is -0.384. The number of nitro benzene ring substituents is 1. The van der Waals surface area contributed by atoms with Gasteiger partial charge in [0.25, 0.3) is 11.6 Å². The predicted molar refractivity (Wildman–Crippen MR) is 94.0 cm³/mol. The van der Waals surface area contributed by atoms with E-state index in [1.54, 1.807) is 36.4 Å². The van der Waals surface area contributed by atoms with Crippen molar-refractivity contribution < 1.29 is 19.2 Å². The molecule has 1 amide bonds. The van der Waals surface area contributed by atoms with Gasteiger partial charge in [0.2, 0.25) is 0 Å². The van der Waals surface area contributed by atoms with Crippen LogP contribution in [0.4, 0.5) is 5.69 Å². The summed E-state index contributed by atoms with van der Waals surface area (Å²) in [5.74, 6) is 0.0715. The first-order valence-electron chi connectivity index (χ1n) is 7.50. The van der Waals surface area contributed by atoms with E-state index in [4.69, 9.17) is 4.42 Å². The van der Waals surface area contributed by atoms with Gasteiger partial charge in [-0.3, -0.25) is 14.9 Å². The number of hydrogen-bond acceptors (Lipinski definition) is 6. The molecule has 0 bridgehead atoms. The topological polar surface area (TPSA) is 118 Å². The highest BCUT2D eigenvalue weighted by atomic mass is 16.6. The van der Waals surface area contributed by atoms with Crippen LogP contribution >= 0.6 is 0 Å². The zero-order chi connectivity index (χ0) is 18.5. The number of nitrogens with one attached hydrogen (secondary N) is 1. The third-order valence-corrected chi connectivity index (χ3v) is 3.47. The van der Waals surface area contributed by atoms with Crippen molar-refractivity contribution in [2.24, 2.45) is 5.10 Å². The number of hydrogen-bond donors (Lipinski definition) is 2. The minimum absolute atomic E-state index is 0.0379. The molecule has 0 fully saturated rings. The Morgan fingerprint density at radius 2 is 1.96 bits per heavy atom. The van der Waals surface area contributed by atoms with Gasteiger partial charge in [-0.1, -0.05) is 24.3 Å². The molecule has 0 aliphatic carbocycles. The molecule has 0 radical (unpaired) electrons. The first-order valence-corrected chi connectivity index (χ1v) is 7.50. The third-order valence-electron chi connectivity index (χ3n) is 3.47. The van der Waals surface area contributed by atoms with Crippen LogP contribution in [0.2, 0.25) is 0 Å². The molecular formula is C18H13N3O5. The summed E-state index contributed by atoms with van der Waals surface area (Å²) < 4.78 is 5.54. The monoisotopic (exact) mass is 351 g/mol. The number of furan rings is 1. The van der Waals surface area contributed by atoms with E-state index >= 15 is 0 Å². The third kappa shape index (κ3) is 3.75. The first-order chi connectivity index (χ1) is 12.5. The molecule has 1 aromatic heterocycles. The number of rotatable bonds is 5. The zero-order valence-electron chi connectivity index (χ0n) is 13.3. The van der Waals surface area contributed by atoms with Gasteiger partial charge in [0.15, 0.2) is 0 Å². The van der Waals surface area contributed by atoms with Crippen LogP contribution in [0.5, 0.6) is 5.75 Å². The van der Waals surface area contributed by atoms with E-state index in [1.807, 2.05) is 0 Å². The van der Waals surface area contributed by atoms with E-state index < -0.39 is 10.8 Å². The van der Waals surface area contributed by atoms with Crippen LogP contribution in [0.25, 0.3) is 11.3 Å². The molecule has 3 aromatic rings. The number of hydrazone groups is 1. The quantitative estimate of drug-likeness (QED) is 0.415. The molecule has 0 unspecified atom stereocenters. The second kappa shape index (κ2) is 7.31. The van der Waals surface area contributed by atoms with E-state index in [1.165, 1.54) is 30.5 Å². The fourth-order valence-corrected chi connectivity index (χ4v) is 2.23. The maximum Gasteiger partial charge on any atom is 0.275 e. The number of phenolic OH excluding ortho intramolecular Hbond substituents is 1. The Morgan fingerprint density at radius 3 is 2.73 bits per heavy atom. The highest BCUT2D eigenvalue weighted by molar-refractivity contribution is 5.97. The highest BCUT2D eigenvalue weighted by Crippen LogP contribution is 2.25. The summed E-state index contributed by atoms with van der Waals surface area (Å²) in [6.45, 7) is 0. The standard InChI is InChI=1S/C18H13N3O5/c22-16-7-2-1-6-15(16)18(23)20-19-11-14-8-9-17(26-14)12-4-3-5-13(10-12)21(24)25/h1-11,22H,(H,20,23)/b19-11+. The van der Waals surface area contributed by atoms with Gasteiger partial charge >= 0.3 is 0 Å². The molecule has 2 aromatic carbocycles. The summed E-state index contributed by atoms with van der Waals surface area (Å²) >= 11 is 0. The van der Waals surface area contributed by atoms with Gasteiger partial charge in [-0.2, -0.15) is 5.10 Å². The summed E-state index contributed by atoms with van der Waals surface area (Å²) in [5, 5.41) is 24.2. The number of amides is 1. The number of non-ortho nitro benzene ring substituents is 1. The summed E-state index contributed by atoms with van der Waals surface area (Å²) in [6, 6.07) is 15.4. The Balaban J connectivity index is 1.70. The van der Waals surface area contributed by atoms with Gasteiger partial charge in [0, 0.05) is 17.7 Å². The molecule has 3 rings (SSSR count). The van der Waals surface area contributed by atoms with Crippen LogP contribution in [0.15, 0.2) is 70.2 Å². The van der Waals surface area contributed by atoms with Crippen LogP contribution in [0.3, 0.4) is 0 Å². The fraction of sp³-hybridized carbons (Fsp3) is 0. The van der Waals surface area contributed by atoms with Gasteiger partial charge in [-0.25, -0.2) is 5.43 Å². The maximum atomic E-state index is 11.9. The maximum absolute atomic E-state index is 11.9.